The van der Waals surface area contributed by atoms with Crippen molar-refractivity contribution in [2.24, 2.45) is 5.92 Å². The molecule has 0 aliphatic carbocycles. The summed E-state index contributed by atoms with van der Waals surface area (Å²) in [5.41, 5.74) is 2.33. The Balaban J connectivity index is 1.95. The Hall–Kier alpha value is -2.14. The van der Waals surface area contributed by atoms with Crippen LogP contribution in [0.2, 0.25) is 0 Å². The summed E-state index contributed by atoms with van der Waals surface area (Å²) in [6.07, 6.45) is 3.74. The van der Waals surface area contributed by atoms with E-state index in [4.69, 9.17) is 5.11 Å². The third-order valence-electron chi connectivity index (χ3n) is 3.68. The quantitative estimate of drug-likeness (QED) is 0.926. The van der Waals surface area contributed by atoms with E-state index in [0.29, 0.717) is 13.1 Å². The Labute approximate surface area is 117 Å². The van der Waals surface area contributed by atoms with Crippen LogP contribution in [0.5, 0.6) is 0 Å². The van der Waals surface area contributed by atoms with E-state index in [1.807, 2.05) is 18.3 Å². The molecule has 0 spiro atoms. The standard InChI is InChI=1S/C15H17N3O2/c1-11(15(19)20)8-17-9-12-4-2-3-5-13(12)18-7-6-16-14(18)10-17/h2-7,11H,8-10H2,1H3,(H,19,20)/t11-/m0/s1. The van der Waals surface area contributed by atoms with Crippen molar-refractivity contribution >= 4 is 5.97 Å². The molecule has 2 aromatic rings. The van der Waals surface area contributed by atoms with Gasteiger partial charge in [-0.05, 0) is 11.6 Å². The Kier molecular flexibility index (Phi) is 3.28. The molecule has 2 heterocycles. The van der Waals surface area contributed by atoms with Crippen LogP contribution in [0, 0.1) is 5.92 Å². The topological polar surface area (TPSA) is 58.4 Å². The lowest BCUT2D eigenvalue weighted by atomic mass is 10.1. The number of rotatable bonds is 3. The van der Waals surface area contributed by atoms with E-state index in [2.05, 4.69) is 26.6 Å². The number of carboxylic acids is 1. The van der Waals surface area contributed by atoms with Gasteiger partial charge in [0.25, 0.3) is 0 Å². The molecule has 5 heteroatoms. The zero-order chi connectivity index (χ0) is 14.1. The van der Waals surface area contributed by atoms with Crippen LogP contribution in [0.1, 0.15) is 18.3 Å². The van der Waals surface area contributed by atoms with E-state index in [9.17, 15) is 4.79 Å². The van der Waals surface area contributed by atoms with Crippen molar-refractivity contribution in [3.05, 3.63) is 48.0 Å². The first kappa shape index (κ1) is 12.9. The molecule has 0 amide bonds. The van der Waals surface area contributed by atoms with Crippen molar-refractivity contribution in [2.75, 3.05) is 6.54 Å². The fourth-order valence-corrected chi connectivity index (χ4v) is 2.64. The molecular weight excluding hydrogens is 254 g/mol. The summed E-state index contributed by atoms with van der Waals surface area (Å²) in [5, 5.41) is 9.09. The van der Waals surface area contributed by atoms with Crippen molar-refractivity contribution in [1.82, 2.24) is 14.5 Å². The lowest BCUT2D eigenvalue weighted by molar-refractivity contribution is -0.141. The number of carboxylic acid groups (broad SMARTS) is 1. The highest BCUT2D eigenvalue weighted by molar-refractivity contribution is 5.69. The molecule has 1 aliphatic rings. The maximum atomic E-state index is 11.1. The third-order valence-corrected chi connectivity index (χ3v) is 3.68. The number of hydrogen-bond donors (Lipinski definition) is 1. The molecule has 3 rings (SSSR count). The number of aliphatic carboxylic acids is 1. The highest BCUT2D eigenvalue weighted by Gasteiger charge is 2.22. The van der Waals surface area contributed by atoms with Gasteiger partial charge in [-0.2, -0.15) is 0 Å². The van der Waals surface area contributed by atoms with Gasteiger partial charge in [-0.25, -0.2) is 4.98 Å². The molecular formula is C15H17N3O2. The largest absolute Gasteiger partial charge is 0.481 e. The van der Waals surface area contributed by atoms with Gasteiger partial charge in [-0.3, -0.25) is 9.69 Å². The minimum Gasteiger partial charge on any atom is -0.481 e. The normalized spacial score (nSPS) is 16.1. The van der Waals surface area contributed by atoms with Crippen molar-refractivity contribution < 1.29 is 9.90 Å². The first-order valence-electron chi connectivity index (χ1n) is 6.71. The van der Waals surface area contributed by atoms with E-state index in [0.717, 1.165) is 18.1 Å². The first-order valence-corrected chi connectivity index (χ1v) is 6.71. The number of para-hydroxylation sites is 1. The third kappa shape index (κ3) is 2.32. The van der Waals surface area contributed by atoms with E-state index in [-0.39, 0.29) is 5.92 Å². The van der Waals surface area contributed by atoms with Gasteiger partial charge in [0.1, 0.15) is 5.82 Å². The second-order valence-electron chi connectivity index (χ2n) is 5.25. The smallest absolute Gasteiger partial charge is 0.307 e. The summed E-state index contributed by atoms with van der Waals surface area (Å²) in [7, 11) is 0. The SMILES string of the molecule is C[C@@H](CN1Cc2ccccc2-n2ccnc2C1)C(=O)O. The lowest BCUT2D eigenvalue weighted by Gasteiger charge is -2.21. The monoisotopic (exact) mass is 271 g/mol. The van der Waals surface area contributed by atoms with Crippen LogP contribution in [0.3, 0.4) is 0 Å². The Morgan fingerprint density at radius 3 is 3.00 bits per heavy atom. The fourth-order valence-electron chi connectivity index (χ4n) is 2.64. The van der Waals surface area contributed by atoms with Crippen LogP contribution in [-0.2, 0) is 17.9 Å². The van der Waals surface area contributed by atoms with Crippen LogP contribution >= 0.6 is 0 Å². The summed E-state index contributed by atoms with van der Waals surface area (Å²) >= 11 is 0. The molecule has 0 saturated carbocycles. The summed E-state index contributed by atoms with van der Waals surface area (Å²) in [6, 6.07) is 8.19. The van der Waals surface area contributed by atoms with Crippen LogP contribution in [0.15, 0.2) is 36.7 Å². The van der Waals surface area contributed by atoms with Crippen LogP contribution in [0.4, 0.5) is 0 Å². The van der Waals surface area contributed by atoms with Gasteiger partial charge in [-0.1, -0.05) is 25.1 Å². The summed E-state index contributed by atoms with van der Waals surface area (Å²) in [4.78, 5) is 17.6. The van der Waals surface area contributed by atoms with Crippen molar-refractivity contribution in [3.63, 3.8) is 0 Å². The van der Waals surface area contributed by atoms with Gasteiger partial charge in [0.2, 0.25) is 0 Å². The Bertz CT molecular complexity index is 636. The van der Waals surface area contributed by atoms with Gasteiger partial charge in [0.15, 0.2) is 0 Å². The molecule has 1 atom stereocenters. The Morgan fingerprint density at radius 2 is 2.20 bits per heavy atom. The number of benzene rings is 1. The zero-order valence-electron chi connectivity index (χ0n) is 11.4. The predicted molar refractivity (Wildman–Crippen MR) is 74.5 cm³/mol. The molecule has 1 aromatic heterocycles. The summed E-state index contributed by atoms with van der Waals surface area (Å²) < 4.78 is 2.08. The van der Waals surface area contributed by atoms with E-state index in [1.54, 1.807) is 13.1 Å². The molecule has 1 aliphatic heterocycles. The van der Waals surface area contributed by atoms with Gasteiger partial charge in [-0.15, -0.1) is 0 Å². The van der Waals surface area contributed by atoms with Crippen molar-refractivity contribution in [2.45, 2.75) is 20.0 Å². The average Bonchev–Trinajstić information content (AvgIpc) is 2.81. The number of hydrogen-bond acceptors (Lipinski definition) is 3. The number of aromatic nitrogens is 2. The van der Waals surface area contributed by atoms with Crippen LogP contribution in [0.25, 0.3) is 5.69 Å². The highest BCUT2D eigenvalue weighted by Crippen LogP contribution is 2.23. The summed E-state index contributed by atoms with van der Waals surface area (Å²) in [5.74, 6) is -0.193. The van der Waals surface area contributed by atoms with E-state index in [1.165, 1.54) is 5.56 Å². The molecule has 20 heavy (non-hydrogen) atoms. The van der Waals surface area contributed by atoms with Crippen LogP contribution < -0.4 is 0 Å². The van der Waals surface area contributed by atoms with E-state index < -0.39 is 5.97 Å². The average molecular weight is 271 g/mol. The lowest BCUT2D eigenvalue weighted by Crippen LogP contribution is -2.30. The molecule has 5 nitrogen and oxygen atoms in total. The summed E-state index contributed by atoms with van der Waals surface area (Å²) in [6.45, 7) is 3.68. The predicted octanol–water partition coefficient (Wildman–Crippen LogP) is 1.91. The first-order chi connectivity index (χ1) is 9.65. The number of nitrogens with zero attached hydrogens (tertiary/aromatic N) is 3. The molecule has 0 fully saturated rings. The number of imidazole rings is 1. The minimum absolute atomic E-state index is 0.385. The molecule has 104 valence electrons. The van der Waals surface area contributed by atoms with Gasteiger partial charge < -0.3 is 9.67 Å². The molecule has 0 unspecified atom stereocenters. The van der Waals surface area contributed by atoms with E-state index >= 15 is 0 Å². The van der Waals surface area contributed by atoms with Gasteiger partial charge in [0.05, 0.1) is 18.2 Å². The van der Waals surface area contributed by atoms with Gasteiger partial charge in [0, 0.05) is 25.5 Å². The zero-order valence-corrected chi connectivity index (χ0v) is 11.4. The molecule has 0 radical (unpaired) electrons. The maximum Gasteiger partial charge on any atom is 0.307 e. The second-order valence-corrected chi connectivity index (χ2v) is 5.25. The molecule has 0 bridgehead atoms. The maximum absolute atomic E-state index is 11.1. The fraction of sp³-hybridized carbons (Fsp3) is 0.333. The van der Waals surface area contributed by atoms with Crippen LogP contribution in [-0.4, -0.2) is 32.1 Å². The molecule has 0 saturated heterocycles. The van der Waals surface area contributed by atoms with Gasteiger partial charge >= 0.3 is 5.97 Å². The number of carbonyl (C=O) groups is 1. The molecule has 1 N–H and O–H groups in total. The minimum atomic E-state index is -0.758. The van der Waals surface area contributed by atoms with Crippen molar-refractivity contribution in [3.8, 4) is 5.69 Å². The highest BCUT2D eigenvalue weighted by atomic mass is 16.4. The number of fused-ring (bicyclic) bond motifs is 3. The Morgan fingerprint density at radius 1 is 1.40 bits per heavy atom. The van der Waals surface area contributed by atoms with Crippen molar-refractivity contribution in [1.29, 1.82) is 0 Å². The second kappa shape index (κ2) is 5.09. The molecule has 1 aromatic carbocycles.